The van der Waals surface area contributed by atoms with Crippen LogP contribution in [0.2, 0.25) is 0 Å². The Balaban J connectivity index is 1.85. The van der Waals surface area contributed by atoms with E-state index in [0.717, 1.165) is 24.3 Å². The number of ether oxygens (including phenoxy) is 1. The van der Waals surface area contributed by atoms with E-state index in [1.165, 1.54) is 4.68 Å². The van der Waals surface area contributed by atoms with Crippen molar-refractivity contribution in [1.82, 2.24) is 20.2 Å². The quantitative estimate of drug-likeness (QED) is 0.883. The highest BCUT2D eigenvalue weighted by molar-refractivity contribution is 6.03. The molecule has 1 N–H and O–H groups in total. The number of morpholine rings is 1. The third kappa shape index (κ3) is 2.66. The summed E-state index contributed by atoms with van der Waals surface area (Å²) in [5.74, 6) is -1.43. The molecule has 130 valence electrons. The number of benzene rings is 1. The zero-order valence-corrected chi connectivity index (χ0v) is 13.7. The van der Waals surface area contributed by atoms with E-state index in [1.807, 2.05) is 24.3 Å². The topological polar surface area (TPSA) is 106 Å². The summed E-state index contributed by atoms with van der Waals surface area (Å²) in [5, 5.41) is 21.4. The molecule has 1 aromatic heterocycles. The molecule has 0 aliphatic carbocycles. The maximum Gasteiger partial charge on any atom is 0.314 e. The van der Waals surface area contributed by atoms with Crippen molar-refractivity contribution in [2.45, 2.75) is 13.0 Å². The van der Waals surface area contributed by atoms with Crippen LogP contribution < -0.4 is 4.90 Å². The lowest BCUT2D eigenvalue weighted by molar-refractivity contribution is -0.140. The molecule has 3 heterocycles. The summed E-state index contributed by atoms with van der Waals surface area (Å²) >= 11 is 0. The monoisotopic (exact) mass is 342 g/mol. The van der Waals surface area contributed by atoms with Gasteiger partial charge in [-0.15, -0.1) is 0 Å². The minimum atomic E-state index is -0.941. The Morgan fingerprint density at radius 1 is 1.28 bits per heavy atom. The smallest absolute Gasteiger partial charge is 0.314 e. The Labute approximate surface area is 143 Å². The molecule has 9 heteroatoms. The molecule has 2 aromatic rings. The summed E-state index contributed by atoms with van der Waals surface area (Å²) in [6, 6.07) is 7.26. The predicted molar refractivity (Wildman–Crippen MR) is 89.3 cm³/mol. The lowest BCUT2D eigenvalue weighted by atomic mass is 9.87. The molecule has 0 bridgehead atoms. The van der Waals surface area contributed by atoms with Crippen LogP contribution in [0, 0.1) is 5.92 Å². The van der Waals surface area contributed by atoms with Crippen LogP contribution in [0.15, 0.2) is 29.3 Å². The van der Waals surface area contributed by atoms with Crippen LogP contribution in [0.3, 0.4) is 0 Å². The average Bonchev–Trinajstić information content (AvgIpc) is 3.09. The number of rotatable bonds is 3. The highest BCUT2D eigenvalue weighted by atomic mass is 16.5. The summed E-state index contributed by atoms with van der Waals surface area (Å²) in [6.07, 6.45) is 0. The molecular formula is C16H18N6O3. The van der Waals surface area contributed by atoms with Gasteiger partial charge < -0.3 is 14.7 Å². The molecule has 9 nitrogen and oxygen atoms in total. The summed E-state index contributed by atoms with van der Waals surface area (Å²) in [5.41, 5.74) is 2.36. The second kappa shape index (κ2) is 6.25. The van der Waals surface area contributed by atoms with Crippen LogP contribution in [0.25, 0.3) is 0 Å². The van der Waals surface area contributed by atoms with Crippen LogP contribution in [0.1, 0.15) is 18.5 Å². The first-order chi connectivity index (χ1) is 12.2. The van der Waals surface area contributed by atoms with Crippen molar-refractivity contribution in [2.24, 2.45) is 10.9 Å². The Morgan fingerprint density at radius 3 is 2.80 bits per heavy atom. The second-order valence-electron chi connectivity index (χ2n) is 6.10. The number of para-hydroxylation sites is 1. The van der Waals surface area contributed by atoms with E-state index in [2.05, 4.69) is 25.4 Å². The lowest BCUT2D eigenvalue weighted by Gasteiger charge is -2.34. The van der Waals surface area contributed by atoms with E-state index in [1.54, 1.807) is 6.92 Å². The zero-order chi connectivity index (χ0) is 17.4. The van der Waals surface area contributed by atoms with Crippen LogP contribution in [-0.2, 0) is 9.53 Å². The maximum absolute atomic E-state index is 12.0. The number of anilines is 1. The second-order valence-corrected chi connectivity index (χ2v) is 6.10. The fourth-order valence-electron chi connectivity index (χ4n) is 3.49. The summed E-state index contributed by atoms with van der Waals surface area (Å²) < 4.78 is 6.94. The van der Waals surface area contributed by atoms with Crippen molar-refractivity contribution in [2.75, 3.05) is 31.2 Å². The number of aliphatic carboxylic acids is 1. The van der Waals surface area contributed by atoms with Gasteiger partial charge in [0, 0.05) is 30.1 Å². The third-order valence-electron chi connectivity index (χ3n) is 4.65. The van der Waals surface area contributed by atoms with Gasteiger partial charge in [0.25, 0.3) is 5.95 Å². The van der Waals surface area contributed by atoms with Gasteiger partial charge in [-0.05, 0) is 23.4 Å². The average molecular weight is 342 g/mol. The molecule has 1 aromatic carbocycles. The van der Waals surface area contributed by atoms with E-state index >= 15 is 0 Å². The Kier molecular flexibility index (Phi) is 3.92. The minimum absolute atomic E-state index is 0.330. The highest BCUT2D eigenvalue weighted by Gasteiger charge is 2.40. The minimum Gasteiger partial charge on any atom is -0.481 e. The van der Waals surface area contributed by atoms with Crippen LogP contribution in [-0.4, -0.2) is 63.3 Å². The number of carbonyl (C=O) groups is 1. The largest absolute Gasteiger partial charge is 0.481 e. The summed E-state index contributed by atoms with van der Waals surface area (Å²) in [4.78, 5) is 18.4. The van der Waals surface area contributed by atoms with E-state index in [9.17, 15) is 9.90 Å². The number of tetrazole rings is 1. The molecule has 25 heavy (non-hydrogen) atoms. The van der Waals surface area contributed by atoms with Gasteiger partial charge in [0.1, 0.15) is 12.0 Å². The number of hydrogen-bond donors (Lipinski definition) is 1. The van der Waals surface area contributed by atoms with Crippen molar-refractivity contribution < 1.29 is 14.6 Å². The fourth-order valence-corrected chi connectivity index (χ4v) is 3.49. The van der Waals surface area contributed by atoms with Crippen molar-refractivity contribution in [1.29, 1.82) is 0 Å². The highest BCUT2D eigenvalue weighted by Crippen LogP contribution is 2.39. The van der Waals surface area contributed by atoms with Crippen LogP contribution >= 0.6 is 0 Å². The molecule has 0 saturated carbocycles. The van der Waals surface area contributed by atoms with Crippen molar-refractivity contribution in [3.63, 3.8) is 0 Å². The van der Waals surface area contributed by atoms with Crippen LogP contribution in [0.4, 0.5) is 11.6 Å². The Bertz CT molecular complexity index is 827. The first-order valence-electron chi connectivity index (χ1n) is 8.14. The van der Waals surface area contributed by atoms with Gasteiger partial charge in [0.05, 0.1) is 13.2 Å². The normalized spacial score (nSPS) is 23.1. The molecule has 2 aliphatic heterocycles. The number of aliphatic imine (C=N–C) groups is 1. The molecule has 1 saturated heterocycles. The summed E-state index contributed by atoms with van der Waals surface area (Å²) in [6.45, 7) is 4.53. The van der Waals surface area contributed by atoms with Crippen molar-refractivity contribution in [3.8, 4) is 0 Å². The van der Waals surface area contributed by atoms with E-state index in [4.69, 9.17) is 4.74 Å². The van der Waals surface area contributed by atoms with Gasteiger partial charge in [-0.2, -0.15) is 0 Å². The van der Waals surface area contributed by atoms with Crippen LogP contribution in [0.5, 0.6) is 0 Å². The molecule has 0 spiro atoms. The molecule has 0 radical (unpaired) electrons. The van der Waals surface area contributed by atoms with E-state index < -0.39 is 17.9 Å². The molecule has 2 unspecified atom stereocenters. The molecule has 1 fully saturated rings. The van der Waals surface area contributed by atoms with Gasteiger partial charge in [0.2, 0.25) is 0 Å². The molecule has 4 rings (SSSR count). The van der Waals surface area contributed by atoms with Gasteiger partial charge in [-0.3, -0.25) is 4.79 Å². The van der Waals surface area contributed by atoms with Gasteiger partial charge >= 0.3 is 5.97 Å². The van der Waals surface area contributed by atoms with E-state index in [-0.39, 0.29) is 0 Å². The first kappa shape index (κ1) is 15.7. The van der Waals surface area contributed by atoms with Gasteiger partial charge in [-0.1, -0.05) is 23.3 Å². The molecule has 2 atom stereocenters. The van der Waals surface area contributed by atoms with E-state index in [0.29, 0.717) is 24.9 Å². The van der Waals surface area contributed by atoms with Gasteiger partial charge in [0.15, 0.2) is 0 Å². The number of aromatic nitrogens is 4. The summed E-state index contributed by atoms with van der Waals surface area (Å²) in [7, 11) is 0. The first-order valence-corrected chi connectivity index (χ1v) is 8.14. The predicted octanol–water partition coefficient (Wildman–Crippen LogP) is 0.906. The molecule has 0 amide bonds. The Hall–Kier alpha value is -2.81. The molecule has 2 aliphatic rings. The van der Waals surface area contributed by atoms with Gasteiger partial charge in [-0.25, -0.2) is 9.67 Å². The third-order valence-corrected chi connectivity index (χ3v) is 4.65. The SMILES string of the molecule is CC1=Nc2nnnn2C(c2ccccc2N2CCOCC2)C1C(=O)O. The number of fused-ring (bicyclic) bond motifs is 1. The Morgan fingerprint density at radius 2 is 2.04 bits per heavy atom. The number of carboxylic acids is 1. The van der Waals surface area contributed by atoms with Crippen molar-refractivity contribution >= 4 is 23.3 Å². The fraction of sp³-hybridized carbons (Fsp3) is 0.438. The lowest BCUT2D eigenvalue weighted by Crippen LogP contribution is -2.39. The maximum atomic E-state index is 12.0. The standard InChI is InChI=1S/C16H18N6O3/c1-10-13(15(23)24)14(22-16(17-10)18-19-20-22)11-4-2-3-5-12(11)21-6-8-25-9-7-21/h2-5,13-14H,6-9H2,1H3,(H,23,24). The molecular weight excluding hydrogens is 324 g/mol. The zero-order valence-electron chi connectivity index (χ0n) is 13.7. The number of nitrogens with zero attached hydrogens (tertiary/aromatic N) is 6. The number of carboxylic acid groups (broad SMARTS) is 1. The van der Waals surface area contributed by atoms with Crippen molar-refractivity contribution in [3.05, 3.63) is 29.8 Å². The number of hydrogen-bond acceptors (Lipinski definition) is 7.